The van der Waals surface area contributed by atoms with E-state index in [1.54, 1.807) is 6.07 Å². The van der Waals surface area contributed by atoms with Gasteiger partial charge in [-0.3, -0.25) is 0 Å². The second-order valence-corrected chi connectivity index (χ2v) is 5.01. The molecule has 2 aromatic rings. The van der Waals surface area contributed by atoms with Gasteiger partial charge in [-0.15, -0.1) is 0 Å². The van der Waals surface area contributed by atoms with Crippen LogP contribution < -0.4 is 10.6 Å². The van der Waals surface area contributed by atoms with Crippen LogP contribution in [0.2, 0.25) is 5.02 Å². The van der Waals surface area contributed by atoms with Gasteiger partial charge in [0.15, 0.2) is 0 Å². The van der Waals surface area contributed by atoms with Gasteiger partial charge in [0, 0.05) is 18.8 Å². The molecule has 0 saturated heterocycles. The standard InChI is InChI=1S/C15H14ClFN2/c16-13-8-12(17)4-5-14(13)19-9-11-3-1-2-10-6-7-18-15(10)11/h1-5,8,18-19H,6-7,9H2. The lowest BCUT2D eigenvalue weighted by Crippen LogP contribution is -2.03. The van der Waals surface area contributed by atoms with Gasteiger partial charge in [0.2, 0.25) is 0 Å². The Morgan fingerprint density at radius 1 is 1.26 bits per heavy atom. The molecule has 19 heavy (non-hydrogen) atoms. The molecule has 3 rings (SSSR count). The monoisotopic (exact) mass is 276 g/mol. The smallest absolute Gasteiger partial charge is 0.124 e. The first kappa shape index (κ1) is 12.3. The van der Waals surface area contributed by atoms with Crippen molar-refractivity contribution >= 4 is 23.0 Å². The van der Waals surface area contributed by atoms with Crippen LogP contribution in [0.4, 0.5) is 15.8 Å². The van der Waals surface area contributed by atoms with Gasteiger partial charge in [0.25, 0.3) is 0 Å². The summed E-state index contributed by atoms with van der Waals surface area (Å²) in [6.07, 6.45) is 1.07. The minimum Gasteiger partial charge on any atom is -0.384 e. The molecule has 0 atom stereocenters. The van der Waals surface area contributed by atoms with Gasteiger partial charge in [-0.1, -0.05) is 29.8 Å². The predicted molar refractivity (Wildman–Crippen MR) is 77.4 cm³/mol. The number of fused-ring (bicyclic) bond motifs is 1. The normalized spacial score (nSPS) is 12.9. The maximum absolute atomic E-state index is 13.0. The van der Waals surface area contributed by atoms with Crippen LogP contribution in [0.25, 0.3) is 0 Å². The second-order valence-electron chi connectivity index (χ2n) is 4.61. The van der Waals surface area contributed by atoms with Gasteiger partial charge in [-0.2, -0.15) is 0 Å². The fourth-order valence-electron chi connectivity index (χ4n) is 2.38. The van der Waals surface area contributed by atoms with Crippen molar-refractivity contribution < 1.29 is 4.39 Å². The van der Waals surface area contributed by atoms with E-state index in [-0.39, 0.29) is 5.82 Å². The van der Waals surface area contributed by atoms with E-state index < -0.39 is 0 Å². The lowest BCUT2D eigenvalue weighted by Gasteiger charge is -2.12. The summed E-state index contributed by atoms with van der Waals surface area (Å²) in [6, 6.07) is 10.7. The highest BCUT2D eigenvalue weighted by Gasteiger charge is 2.13. The van der Waals surface area contributed by atoms with E-state index in [1.165, 1.54) is 28.9 Å². The zero-order valence-corrected chi connectivity index (χ0v) is 11.1. The van der Waals surface area contributed by atoms with Crippen LogP contribution in [-0.2, 0) is 13.0 Å². The summed E-state index contributed by atoms with van der Waals surface area (Å²) in [5.74, 6) is -0.321. The van der Waals surface area contributed by atoms with Crippen molar-refractivity contribution in [1.29, 1.82) is 0 Å². The molecule has 1 aliphatic heterocycles. The number of nitrogens with one attached hydrogen (secondary N) is 2. The summed E-state index contributed by atoms with van der Waals surface area (Å²) in [4.78, 5) is 0. The van der Waals surface area contributed by atoms with E-state index in [2.05, 4.69) is 28.8 Å². The molecule has 0 spiro atoms. The first-order valence-corrected chi connectivity index (χ1v) is 6.65. The van der Waals surface area contributed by atoms with Crippen molar-refractivity contribution in [3.63, 3.8) is 0 Å². The Labute approximate surface area is 116 Å². The van der Waals surface area contributed by atoms with Gasteiger partial charge in [-0.25, -0.2) is 4.39 Å². The van der Waals surface area contributed by atoms with Crippen LogP contribution in [-0.4, -0.2) is 6.54 Å². The van der Waals surface area contributed by atoms with Crippen LogP contribution >= 0.6 is 11.6 Å². The maximum Gasteiger partial charge on any atom is 0.124 e. The van der Waals surface area contributed by atoms with Gasteiger partial charge < -0.3 is 10.6 Å². The minimum atomic E-state index is -0.321. The highest BCUT2D eigenvalue weighted by Crippen LogP contribution is 2.28. The van der Waals surface area contributed by atoms with E-state index in [0.717, 1.165) is 18.7 Å². The first-order chi connectivity index (χ1) is 9.24. The Kier molecular flexibility index (Phi) is 3.30. The Morgan fingerprint density at radius 3 is 3.00 bits per heavy atom. The molecule has 4 heteroatoms. The third-order valence-corrected chi connectivity index (χ3v) is 3.65. The van der Waals surface area contributed by atoms with E-state index in [1.807, 2.05) is 0 Å². The Balaban J connectivity index is 1.78. The van der Waals surface area contributed by atoms with Crippen molar-refractivity contribution in [2.45, 2.75) is 13.0 Å². The van der Waals surface area contributed by atoms with Crippen LogP contribution in [0.3, 0.4) is 0 Å². The van der Waals surface area contributed by atoms with Gasteiger partial charge in [0.05, 0.1) is 10.7 Å². The zero-order chi connectivity index (χ0) is 13.2. The van der Waals surface area contributed by atoms with E-state index in [9.17, 15) is 4.39 Å². The first-order valence-electron chi connectivity index (χ1n) is 6.27. The number of anilines is 2. The number of hydrogen-bond donors (Lipinski definition) is 2. The van der Waals surface area contributed by atoms with Crippen LogP contribution in [0.15, 0.2) is 36.4 Å². The quantitative estimate of drug-likeness (QED) is 0.883. The molecular weight excluding hydrogens is 263 g/mol. The Bertz CT molecular complexity index is 613. The van der Waals surface area contributed by atoms with Crippen molar-refractivity contribution in [2.24, 2.45) is 0 Å². The highest BCUT2D eigenvalue weighted by molar-refractivity contribution is 6.33. The van der Waals surface area contributed by atoms with Gasteiger partial charge in [0.1, 0.15) is 5.82 Å². The maximum atomic E-state index is 13.0. The summed E-state index contributed by atoms with van der Waals surface area (Å²) < 4.78 is 13.0. The molecule has 2 N–H and O–H groups in total. The molecule has 1 aliphatic rings. The lowest BCUT2D eigenvalue weighted by molar-refractivity contribution is 0.628. The summed E-state index contributed by atoms with van der Waals surface area (Å²) in [5, 5.41) is 7.05. The topological polar surface area (TPSA) is 24.1 Å². The molecule has 0 fully saturated rings. The molecular formula is C15H14ClFN2. The molecule has 0 unspecified atom stereocenters. The minimum absolute atomic E-state index is 0.321. The molecule has 0 bridgehead atoms. The van der Waals surface area contributed by atoms with Crippen molar-refractivity contribution in [1.82, 2.24) is 0 Å². The van der Waals surface area contributed by atoms with Crippen molar-refractivity contribution in [2.75, 3.05) is 17.2 Å². The highest BCUT2D eigenvalue weighted by atomic mass is 35.5. The Morgan fingerprint density at radius 2 is 2.16 bits per heavy atom. The summed E-state index contributed by atoms with van der Waals surface area (Å²) in [6.45, 7) is 1.66. The zero-order valence-electron chi connectivity index (χ0n) is 10.3. The number of rotatable bonds is 3. The molecule has 0 amide bonds. The summed E-state index contributed by atoms with van der Waals surface area (Å²) in [5.41, 5.74) is 4.52. The van der Waals surface area contributed by atoms with Crippen molar-refractivity contribution in [3.8, 4) is 0 Å². The fraction of sp³-hybridized carbons (Fsp3) is 0.200. The molecule has 1 heterocycles. The number of halogens is 2. The second kappa shape index (κ2) is 5.10. The SMILES string of the molecule is Fc1ccc(NCc2cccc3c2NCC3)c(Cl)c1. The summed E-state index contributed by atoms with van der Waals surface area (Å²) in [7, 11) is 0. The number of hydrogen-bond acceptors (Lipinski definition) is 2. The molecule has 0 aliphatic carbocycles. The van der Waals surface area contributed by atoms with E-state index >= 15 is 0 Å². The average Bonchev–Trinajstić information content (AvgIpc) is 2.86. The lowest BCUT2D eigenvalue weighted by atomic mass is 10.1. The molecule has 0 aromatic heterocycles. The average molecular weight is 277 g/mol. The molecule has 2 nitrogen and oxygen atoms in total. The number of benzene rings is 2. The summed E-state index contributed by atoms with van der Waals surface area (Å²) >= 11 is 5.99. The van der Waals surface area contributed by atoms with Crippen LogP contribution in [0, 0.1) is 5.82 Å². The van der Waals surface area contributed by atoms with Crippen molar-refractivity contribution in [3.05, 3.63) is 58.4 Å². The molecule has 2 aromatic carbocycles. The van der Waals surface area contributed by atoms with Gasteiger partial charge in [-0.05, 0) is 35.7 Å². The Hall–Kier alpha value is -1.74. The fourth-order valence-corrected chi connectivity index (χ4v) is 2.62. The number of para-hydroxylation sites is 1. The molecule has 98 valence electrons. The van der Waals surface area contributed by atoms with Crippen LogP contribution in [0.5, 0.6) is 0 Å². The van der Waals surface area contributed by atoms with E-state index in [0.29, 0.717) is 11.6 Å². The molecule has 0 saturated carbocycles. The largest absolute Gasteiger partial charge is 0.384 e. The van der Waals surface area contributed by atoms with Gasteiger partial charge >= 0.3 is 0 Å². The predicted octanol–water partition coefficient (Wildman–Crippen LogP) is 4.06. The van der Waals surface area contributed by atoms with E-state index in [4.69, 9.17) is 11.6 Å². The third-order valence-electron chi connectivity index (χ3n) is 3.33. The van der Waals surface area contributed by atoms with Crippen LogP contribution in [0.1, 0.15) is 11.1 Å². The molecule has 0 radical (unpaired) electrons. The third kappa shape index (κ3) is 2.51.